The van der Waals surface area contributed by atoms with Gasteiger partial charge < -0.3 is 15.8 Å². The molecule has 0 spiro atoms. The third-order valence-corrected chi connectivity index (χ3v) is 2.60. The Morgan fingerprint density at radius 3 is 2.65 bits per heavy atom. The van der Waals surface area contributed by atoms with Crippen LogP contribution in [-0.4, -0.2) is 29.3 Å². The molecule has 0 radical (unpaired) electrons. The number of nitrogens with one attached hydrogen (secondary N) is 1. The second-order valence-corrected chi connectivity index (χ2v) is 6.27. The SMILES string of the molecule is CC(C)(C)OC(=O)NCC(N)Cc1cc(Cl)cc(Cl)n1. The molecular weight excluding hydrogens is 301 g/mol. The maximum absolute atomic E-state index is 11.5. The molecule has 0 bridgehead atoms. The third-order valence-electron chi connectivity index (χ3n) is 2.19. The molecule has 0 saturated heterocycles. The van der Waals surface area contributed by atoms with Crippen LogP contribution in [0.5, 0.6) is 0 Å². The number of aromatic nitrogens is 1. The minimum atomic E-state index is -0.532. The smallest absolute Gasteiger partial charge is 0.407 e. The number of halogens is 2. The van der Waals surface area contributed by atoms with Crippen molar-refractivity contribution in [3.8, 4) is 0 Å². The standard InChI is InChI=1S/C13H19Cl2N3O2/c1-13(2,3)20-12(19)17-7-9(16)6-10-4-8(14)5-11(15)18-10/h4-5,9H,6-7,16H2,1-3H3,(H,17,19). The van der Waals surface area contributed by atoms with Gasteiger partial charge in [-0.15, -0.1) is 0 Å². The van der Waals surface area contributed by atoms with E-state index in [1.165, 1.54) is 0 Å². The first-order valence-corrected chi connectivity index (χ1v) is 6.96. The largest absolute Gasteiger partial charge is 0.444 e. The highest BCUT2D eigenvalue weighted by Crippen LogP contribution is 2.16. The number of carbonyl (C=O) groups excluding carboxylic acids is 1. The zero-order chi connectivity index (χ0) is 15.3. The van der Waals surface area contributed by atoms with Crippen molar-refractivity contribution in [1.82, 2.24) is 10.3 Å². The molecule has 0 aromatic carbocycles. The van der Waals surface area contributed by atoms with Crippen molar-refractivity contribution >= 4 is 29.3 Å². The Kier molecular flexibility index (Phi) is 6.05. The lowest BCUT2D eigenvalue weighted by atomic mass is 10.1. The molecule has 1 aromatic rings. The van der Waals surface area contributed by atoms with Gasteiger partial charge in [-0.25, -0.2) is 9.78 Å². The Morgan fingerprint density at radius 1 is 1.45 bits per heavy atom. The summed E-state index contributed by atoms with van der Waals surface area (Å²) in [6, 6.07) is 2.95. The summed E-state index contributed by atoms with van der Waals surface area (Å²) in [6.07, 6.45) is -0.0409. The number of pyridine rings is 1. The fraction of sp³-hybridized carbons (Fsp3) is 0.538. The lowest BCUT2D eigenvalue weighted by molar-refractivity contribution is 0.0524. The first kappa shape index (κ1) is 17.0. The van der Waals surface area contributed by atoms with Crippen LogP contribution in [0.15, 0.2) is 12.1 Å². The van der Waals surface area contributed by atoms with E-state index in [1.54, 1.807) is 32.9 Å². The van der Waals surface area contributed by atoms with Crippen molar-refractivity contribution in [2.45, 2.75) is 38.8 Å². The molecule has 5 nitrogen and oxygen atoms in total. The van der Waals surface area contributed by atoms with Gasteiger partial charge in [0.25, 0.3) is 0 Å². The van der Waals surface area contributed by atoms with Gasteiger partial charge in [-0.2, -0.15) is 0 Å². The number of nitrogens with two attached hydrogens (primary N) is 1. The minimum Gasteiger partial charge on any atom is -0.444 e. The number of ether oxygens (including phenoxy) is 1. The topological polar surface area (TPSA) is 77.2 Å². The van der Waals surface area contributed by atoms with E-state index in [0.29, 0.717) is 22.3 Å². The van der Waals surface area contributed by atoms with E-state index in [2.05, 4.69) is 10.3 Å². The molecule has 0 aliphatic rings. The summed E-state index contributed by atoms with van der Waals surface area (Å²) in [5.41, 5.74) is 6.07. The molecule has 20 heavy (non-hydrogen) atoms. The second kappa shape index (κ2) is 7.11. The lowest BCUT2D eigenvalue weighted by Gasteiger charge is -2.20. The van der Waals surface area contributed by atoms with Crippen molar-refractivity contribution in [2.24, 2.45) is 5.73 Å². The normalized spacial score (nSPS) is 12.9. The molecule has 1 heterocycles. The van der Waals surface area contributed by atoms with Gasteiger partial charge in [-0.05, 0) is 32.9 Å². The fourth-order valence-corrected chi connectivity index (χ4v) is 2.00. The van der Waals surface area contributed by atoms with Crippen molar-refractivity contribution < 1.29 is 9.53 Å². The van der Waals surface area contributed by atoms with Crippen molar-refractivity contribution in [1.29, 1.82) is 0 Å². The van der Waals surface area contributed by atoms with E-state index in [-0.39, 0.29) is 12.6 Å². The van der Waals surface area contributed by atoms with Crippen LogP contribution in [0, 0.1) is 0 Å². The van der Waals surface area contributed by atoms with Crippen LogP contribution in [0.3, 0.4) is 0 Å². The van der Waals surface area contributed by atoms with Crippen molar-refractivity contribution in [2.75, 3.05) is 6.54 Å². The predicted molar refractivity (Wildman–Crippen MR) is 80.2 cm³/mol. The second-order valence-electron chi connectivity index (χ2n) is 5.45. The molecule has 0 aliphatic carbocycles. The van der Waals surface area contributed by atoms with Crippen LogP contribution >= 0.6 is 23.2 Å². The Bertz CT molecular complexity index is 455. The lowest BCUT2D eigenvalue weighted by Crippen LogP contribution is -2.41. The van der Waals surface area contributed by atoms with Crippen molar-refractivity contribution in [3.63, 3.8) is 0 Å². The van der Waals surface area contributed by atoms with Gasteiger partial charge >= 0.3 is 6.09 Å². The zero-order valence-electron chi connectivity index (χ0n) is 11.7. The van der Waals surface area contributed by atoms with Crippen LogP contribution < -0.4 is 11.1 Å². The van der Waals surface area contributed by atoms with Crippen LogP contribution in [0.4, 0.5) is 4.79 Å². The Hall–Kier alpha value is -1.04. The third kappa shape index (κ3) is 6.93. The first-order chi connectivity index (χ1) is 9.15. The molecule has 3 N–H and O–H groups in total. The van der Waals surface area contributed by atoms with Crippen LogP contribution in [0.25, 0.3) is 0 Å². The van der Waals surface area contributed by atoms with Gasteiger partial charge in [0.1, 0.15) is 10.8 Å². The summed E-state index contributed by atoms with van der Waals surface area (Å²) in [5, 5.41) is 3.43. The Morgan fingerprint density at radius 2 is 2.10 bits per heavy atom. The van der Waals surface area contributed by atoms with E-state index >= 15 is 0 Å². The number of amides is 1. The Labute approximate surface area is 128 Å². The van der Waals surface area contributed by atoms with Gasteiger partial charge in [-0.1, -0.05) is 23.2 Å². The highest BCUT2D eigenvalue weighted by Gasteiger charge is 2.16. The van der Waals surface area contributed by atoms with Gasteiger partial charge in [0.05, 0.1) is 0 Å². The number of nitrogens with zero attached hydrogens (tertiary/aromatic N) is 1. The first-order valence-electron chi connectivity index (χ1n) is 6.20. The number of rotatable bonds is 4. The highest BCUT2D eigenvalue weighted by molar-refractivity contribution is 6.33. The van der Waals surface area contributed by atoms with Gasteiger partial charge in [0, 0.05) is 29.7 Å². The maximum atomic E-state index is 11.5. The summed E-state index contributed by atoms with van der Waals surface area (Å²) < 4.78 is 5.11. The summed E-state index contributed by atoms with van der Waals surface area (Å²) in [4.78, 5) is 15.6. The number of hydrogen-bond donors (Lipinski definition) is 2. The van der Waals surface area contributed by atoms with E-state index in [1.807, 2.05) is 0 Å². The van der Waals surface area contributed by atoms with Gasteiger partial charge in [0.15, 0.2) is 0 Å². The van der Waals surface area contributed by atoms with Crippen LogP contribution in [-0.2, 0) is 11.2 Å². The predicted octanol–water partition coefficient (Wildman–Crippen LogP) is 2.78. The number of hydrogen-bond acceptors (Lipinski definition) is 4. The quantitative estimate of drug-likeness (QED) is 0.836. The molecule has 1 amide bonds. The summed E-state index contributed by atoms with van der Waals surface area (Å²) in [5.74, 6) is 0. The molecule has 0 aliphatic heterocycles. The summed E-state index contributed by atoms with van der Waals surface area (Å²) in [7, 11) is 0. The average molecular weight is 320 g/mol. The molecule has 0 saturated carbocycles. The summed E-state index contributed by atoms with van der Waals surface area (Å²) >= 11 is 11.7. The molecule has 0 fully saturated rings. The molecule has 7 heteroatoms. The fourth-order valence-electron chi connectivity index (χ4n) is 1.49. The maximum Gasteiger partial charge on any atom is 0.407 e. The van der Waals surface area contributed by atoms with Crippen molar-refractivity contribution in [3.05, 3.63) is 28.0 Å². The van der Waals surface area contributed by atoms with Gasteiger partial charge in [0.2, 0.25) is 0 Å². The molecule has 1 rings (SSSR count). The molecule has 112 valence electrons. The van der Waals surface area contributed by atoms with E-state index in [0.717, 1.165) is 0 Å². The van der Waals surface area contributed by atoms with E-state index in [9.17, 15) is 4.79 Å². The molecule has 1 unspecified atom stereocenters. The summed E-state index contributed by atoms with van der Waals surface area (Å²) in [6.45, 7) is 5.67. The molecular formula is C13H19Cl2N3O2. The molecule has 1 aromatic heterocycles. The average Bonchev–Trinajstić information content (AvgIpc) is 2.22. The van der Waals surface area contributed by atoms with Crippen LogP contribution in [0.1, 0.15) is 26.5 Å². The Balaban J connectivity index is 2.44. The van der Waals surface area contributed by atoms with E-state index < -0.39 is 11.7 Å². The monoisotopic (exact) mass is 319 g/mol. The zero-order valence-corrected chi connectivity index (χ0v) is 13.3. The van der Waals surface area contributed by atoms with Gasteiger partial charge in [-0.3, -0.25) is 0 Å². The van der Waals surface area contributed by atoms with Crippen LogP contribution in [0.2, 0.25) is 10.2 Å². The number of alkyl carbamates (subject to hydrolysis) is 1. The number of carbonyl (C=O) groups is 1. The highest BCUT2D eigenvalue weighted by atomic mass is 35.5. The molecule has 1 atom stereocenters. The van der Waals surface area contributed by atoms with E-state index in [4.69, 9.17) is 33.7 Å². The minimum absolute atomic E-state index is 0.278.